The molecule has 0 spiro atoms. The van der Waals surface area contributed by atoms with Gasteiger partial charge in [-0.05, 0) is 26.2 Å². The number of unbranched alkanes of at least 4 members (excludes halogenated alkanes) is 3. The van der Waals surface area contributed by atoms with Crippen molar-refractivity contribution in [3.8, 4) is 0 Å². The molecule has 0 saturated carbocycles. The Morgan fingerprint density at radius 2 is 1.89 bits per heavy atom. The van der Waals surface area contributed by atoms with Gasteiger partial charge in [0.25, 0.3) is 0 Å². The summed E-state index contributed by atoms with van der Waals surface area (Å²) in [6, 6.07) is 0. The fraction of sp³-hybridized carbons (Fsp3) is 0.800. The molecule has 1 rings (SSSR count). The van der Waals surface area contributed by atoms with Crippen LogP contribution in [0.4, 0.5) is 0 Å². The second kappa shape index (κ2) is 6.93. The van der Waals surface area contributed by atoms with Gasteiger partial charge in [-0.3, -0.25) is 0 Å². The van der Waals surface area contributed by atoms with Crippen LogP contribution in [0, 0.1) is 5.92 Å². The molecule has 0 saturated heterocycles. The summed E-state index contributed by atoms with van der Waals surface area (Å²) in [6.45, 7) is 9.69. The number of hydrogen-bond acceptors (Lipinski definition) is 2. The Morgan fingerprint density at radius 3 is 2.50 bits per heavy atom. The molecule has 3 heteroatoms. The Morgan fingerprint density at radius 1 is 1.22 bits per heavy atom. The predicted octanol–water partition coefficient (Wildman–Crippen LogP) is 3.68. The maximum Gasteiger partial charge on any atom is 0.0948 e. The lowest BCUT2D eigenvalue weighted by Crippen LogP contribution is -2.31. The van der Waals surface area contributed by atoms with Gasteiger partial charge in [0, 0.05) is 12.7 Å². The van der Waals surface area contributed by atoms with Crippen LogP contribution in [-0.4, -0.2) is 9.55 Å². The van der Waals surface area contributed by atoms with E-state index in [0.29, 0.717) is 0 Å². The molecule has 18 heavy (non-hydrogen) atoms. The highest BCUT2D eigenvalue weighted by Crippen LogP contribution is 2.17. The largest absolute Gasteiger partial charge is 0.333 e. The summed E-state index contributed by atoms with van der Waals surface area (Å²) in [7, 11) is 0. The van der Waals surface area contributed by atoms with E-state index in [4.69, 9.17) is 5.73 Å². The highest BCUT2D eigenvalue weighted by atomic mass is 15.1. The molecule has 0 aromatic carbocycles. The summed E-state index contributed by atoms with van der Waals surface area (Å²) in [6.07, 6.45) is 10.4. The second-order valence-corrected chi connectivity index (χ2v) is 6.29. The summed E-state index contributed by atoms with van der Waals surface area (Å²) >= 11 is 0. The summed E-state index contributed by atoms with van der Waals surface area (Å²) in [5.74, 6) is 0.836. The standard InChI is InChI=1S/C15H29N3/c1-13(2)9-7-5-6-8-10-18-12-17-11-14(18)15(3,4)16/h11-13H,5-10,16H2,1-4H3. The van der Waals surface area contributed by atoms with Crippen LogP contribution in [0.3, 0.4) is 0 Å². The van der Waals surface area contributed by atoms with Gasteiger partial charge in [-0.25, -0.2) is 4.98 Å². The van der Waals surface area contributed by atoms with Crippen molar-refractivity contribution in [3.05, 3.63) is 18.2 Å². The van der Waals surface area contributed by atoms with Crippen molar-refractivity contribution < 1.29 is 0 Å². The quantitative estimate of drug-likeness (QED) is 0.716. The monoisotopic (exact) mass is 251 g/mol. The third-order valence-electron chi connectivity index (χ3n) is 3.30. The van der Waals surface area contributed by atoms with E-state index < -0.39 is 0 Å². The molecule has 0 atom stereocenters. The molecule has 1 heterocycles. The van der Waals surface area contributed by atoms with Crippen molar-refractivity contribution in [2.24, 2.45) is 11.7 Å². The average Bonchev–Trinajstić information content (AvgIpc) is 2.70. The molecular weight excluding hydrogens is 222 g/mol. The maximum atomic E-state index is 6.13. The molecule has 0 aliphatic heterocycles. The highest BCUT2D eigenvalue weighted by Gasteiger charge is 2.18. The molecule has 0 bridgehead atoms. The van der Waals surface area contributed by atoms with Gasteiger partial charge in [-0.1, -0.05) is 39.5 Å². The van der Waals surface area contributed by atoms with E-state index in [-0.39, 0.29) is 5.54 Å². The molecule has 104 valence electrons. The van der Waals surface area contributed by atoms with Gasteiger partial charge in [0.1, 0.15) is 0 Å². The van der Waals surface area contributed by atoms with Gasteiger partial charge >= 0.3 is 0 Å². The lowest BCUT2D eigenvalue weighted by atomic mass is 10.0. The predicted molar refractivity (Wildman–Crippen MR) is 77.4 cm³/mol. The zero-order valence-corrected chi connectivity index (χ0v) is 12.4. The molecule has 0 aliphatic rings. The van der Waals surface area contributed by atoms with Crippen molar-refractivity contribution in [2.45, 2.75) is 71.9 Å². The second-order valence-electron chi connectivity index (χ2n) is 6.29. The number of aromatic nitrogens is 2. The van der Waals surface area contributed by atoms with Crippen LogP contribution in [0.2, 0.25) is 0 Å². The van der Waals surface area contributed by atoms with Crippen LogP contribution in [-0.2, 0) is 12.1 Å². The van der Waals surface area contributed by atoms with Crippen molar-refractivity contribution in [1.82, 2.24) is 9.55 Å². The van der Waals surface area contributed by atoms with Crippen molar-refractivity contribution in [3.63, 3.8) is 0 Å². The molecule has 0 fully saturated rings. The Bertz CT molecular complexity index is 334. The van der Waals surface area contributed by atoms with Gasteiger partial charge < -0.3 is 10.3 Å². The molecule has 2 N–H and O–H groups in total. The topological polar surface area (TPSA) is 43.8 Å². The number of aryl methyl sites for hydroxylation is 1. The molecule has 1 aromatic rings. The van der Waals surface area contributed by atoms with Crippen molar-refractivity contribution in [1.29, 1.82) is 0 Å². The highest BCUT2D eigenvalue weighted by molar-refractivity contribution is 5.09. The van der Waals surface area contributed by atoms with Gasteiger partial charge in [0.15, 0.2) is 0 Å². The minimum atomic E-state index is -0.297. The number of nitrogens with zero attached hydrogens (tertiary/aromatic N) is 2. The van der Waals surface area contributed by atoms with E-state index in [1.165, 1.54) is 32.1 Å². The molecule has 0 radical (unpaired) electrons. The zero-order valence-electron chi connectivity index (χ0n) is 12.4. The lowest BCUT2D eigenvalue weighted by molar-refractivity contribution is 0.468. The van der Waals surface area contributed by atoms with E-state index in [1.807, 2.05) is 26.4 Å². The molecule has 0 unspecified atom stereocenters. The fourth-order valence-electron chi connectivity index (χ4n) is 2.22. The molecule has 1 aromatic heterocycles. The number of imidazole rings is 1. The van der Waals surface area contributed by atoms with Crippen LogP contribution >= 0.6 is 0 Å². The Kier molecular flexibility index (Phi) is 5.86. The van der Waals surface area contributed by atoms with Crippen molar-refractivity contribution >= 4 is 0 Å². The van der Waals surface area contributed by atoms with Gasteiger partial charge in [-0.15, -0.1) is 0 Å². The Balaban J connectivity index is 2.26. The molecular formula is C15H29N3. The third-order valence-corrected chi connectivity index (χ3v) is 3.30. The minimum Gasteiger partial charge on any atom is -0.333 e. The molecule has 0 aliphatic carbocycles. The van der Waals surface area contributed by atoms with Gasteiger partial charge in [0.05, 0.1) is 17.6 Å². The first-order chi connectivity index (χ1) is 8.41. The van der Waals surface area contributed by atoms with E-state index >= 15 is 0 Å². The number of hydrogen-bond donors (Lipinski definition) is 1. The molecule has 0 amide bonds. The van der Waals surface area contributed by atoms with Gasteiger partial charge in [-0.2, -0.15) is 0 Å². The summed E-state index contributed by atoms with van der Waals surface area (Å²) in [5, 5.41) is 0. The maximum absolute atomic E-state index is 6.13. The first kappa shape index (κ1) is 15.2. The SMILES string of the molecule is CC(C)CCCCCCn1cncc1C(C)(C)N. The van der Waals surface area contributed by atoms with Crippen LogP contribution in [0.1, 0.15) is 65.5 Å². The first-order valence-corrected chi connectivity index (χ1v) is 7.20. The Hall–Kier alpha value is -0.830. The molecule has 3 nitrogen and oxygen atoms in total. The van der Waals surface area contributed by atoms with E-state index in [0.717, 1.165) is 18.2 Å². The third kappa shape index (κ3) is 5.21. The van der Waals surface area contributed by atoms with Crippen LogP contribution in [0.15, 0.2) is 12.5 Å². The van der Waals surface area contributed by atoms with Crippen molar-refractivity contribution in [2.75, 3.05) is 0 Å². The Labute approximate surface area is 112 Å². The minimum absolute atomic E-state index is 0.297. The zero-order chi connectivity index (χ0) is 13.6. The van der Waals surface area contributed by atoms with E-state index in [1.54, 1.807) is 0 Å². The number of nitrogens with two attached hydrogens (primary N) is 1. The lowest BCUT2D eigenvalue weighted by Gasteiger charge is -2.20. The average molecular weight is 251 g/mol. The van der Waals surface area contributed by atoms with Gasteiger partial charge in [0.2, 0.25) is 0 Å². The van der Waals surface area contributed by atoms with E-state index in [9.17, 15) is 0 Å². The van der Waals surface area contributed by atoms with Crippen LogP contribution < -0.4 is 5.73 Å². The first-order valence-electron chi connectivity index (χ1n) is 7.20. The summed E-state index contributed by atoms with van der Waals surface area (Å²) in [5.41, 5.74) is 6.96. The summed E-state index contributed by atoms with van der Waals surface area (Å²) < 4.78 is 2.20. The summed E-state index contributed by atoms with van der Waals surface area (Å²) in [4.78, 5) is 4.21. The van der Waals surface area contributed by atoms with E-state index in [2.05, 4.69) is 23.4 Å². The normalized spacial score (nSPS) is 12.3. The number of rotatable bonds is 8. The smallest absolute Gasteiger partial charge is 0.0948 e. The van der Waals surface area contributed by atoms with Crippen LogP contribution in [0.5, 0.6) is 0 Å². The fourth-order valence-corrected chi connectivity index (χ4v) is 2.22. The van der Waals surface area contributed by atoms with Crippen LogP contribution in [0.25, 0.3) is 0 Å².